The Labute approximate surface area is 149 Å². The molecular formula is C18H17ClFN3O2. The van der Waals surface area contributed by atoms with Gasteiger partial charge < -0.3 is 15.5 Å². The molecule has 0 unspecified atom stereocenters. The van der Waals surface area contributed by atoms with Crippen LogP contribution in [0.25, 0.3) is 0 Å². The van der Waals surface area contributed by atoms with Crippen molar-refractivity contribution in [3.05, 3.63) is 58.9 Å². The van der Waals surface area contributed by atoms with Crippen molar-refractivity contribution in [3.8, 4) is 0 Å². The summed E-state index contributed by atoms with van der Waals surface area (Å²) >= 11 is 6.03. The van der Waals surface area contributed by atoms with Crippen molar-refractivity contribution in [1.29, 1.82) is 0 Å². The topological polar surface area (TPSA) is 61.4 Å². The van der Waals surface area contributed by atoms with Crippen LogP contribution in [0, 0.1) is 12.7 Å². The zero-order valence-electron chi connectivity index (χ0n) is 13.6. The Balaban J connectivity index is 1.61. The highest BCUT2D eigenvalue weighted by Gasteiger charge is 2.33. The molecule has 7 heteroatoms. The molecule has 0 aliphatic carbocycles. The third-order valence-electron chi connectivity index (χ3n) is 4.08. The van der Waals surface area contributed by atoms with Crippen LogP contribution in [0.4, 0.5) is 20.6 Å². The molecule has 2 aromatic carbocycles. The molecule has 0 bridgehead atoms. The summed E-state index contributed by atoms with van der Waals surface area (Å²) < 4.78 is 13.0. The van der Waals surface area contributed by atoms with Crippen LogP contribution in [0.3, 0.4) is 0 Å². The summed E-state index contributed by atoms with van der Waals surface area (Å²) in [6.45, 7) is 2.33. The van der Waals surface area contributed by atoms with Crippen molar-refractivity contribution in [3.63, 3.8) is 0 Å². The predicted octanol–water partition coefficient (Wildman–Crippen LogP) is 3.71. The van der Waals surface area contributed by atoms with Crippen LogP contribution in [-0.2, 0) is 4.79 Å². The summed E-state index contributed by atoms with van der Waals surface area (Å²) in [5, 5.41) is 5.88. The van der Waals surface area contributed by atoms with Gasteiger partial charge in [0, 0.05) is 22.9 Å². The van der Waals surface area contributed by atoms with Gasteiger partial charge in [0.15, 0.2) is 0 Å². The second-order valence-electron chi connectivity index (χ2n) is 5.87. The maximum absolute atomic E-state index is 13.0. The van der Waals surface area contributed by atoms with Gasteiger partial charge in [0.2, 0.25) is 5.91 Å². The van der Waals surface area contributed by atoms with Gasteiger partial charge in [0.25, 0.3) is 0 Å². The first-order valence-corrected chi connectivity index (χ1v) is 8.22. The number of hydrogen-bond donors (Lipinski definition) is 2. The van der Waals surface area contributed by atoms with E-state index in [-0.39, 0.29) is 11.7 Å². The quantitative estimate of drug-likeness (QED) is 0.875. The highest BCUT2D eigenvalue weighted by atomic mass is 35.5. The lowest BCUT2D eigenvalue weighted by molar-refractivity contribution is -0.118. The largest absolute Gasteiger partial charge is 0.326 e. The molecule has 0 spiro atoms. The number of hydrogen-bond acceptors (Lipinski definition) is 2. The van der Waals surface area contributed by atoms with Crippen LogP contribution < -0.4 is 15.5 Å². The second kappa shape index (κ2) is 7.11. The SMILES string of the molecule is Cc1ccc(NC(=O)N[C@H]2CCN(c3ccc(F)cc3)C2=O)cc1Cl. The average molecular weight is 362 g/mol. The number of carbonyl (C=O) groups excluding carboxylic acids is 2. The minimum atomic E-state index is -0.619. The zero-order chi connectivity index (χ0) is 18.0. The van der Waals surface area contributed by atoms with Crippen molar-refractivity contribution in [2.75, 3.05) is 16.8 Å². The molecule has 25 heavy (non-hydrogen) atoms. The molecule has 0 saturated carbocycles. The van der Waals surface area contributed by atoms with Gasteiger partial charge >= 0.3 is 6.03 Å². The van der Waals surface area contributed by atoms with Crippen molar-refractivity contribution in [2.45, 2.75) is 19.4 Å². The minimum absolute atomic E-state index is 0.219. The summed E-state index contributed by atoms with van der Waals surface area (Å²) in [5.74, 6) is -0.579. The Morgan fingerprint density at radius 1 is 1.24 bits per heavy atom. The van der Waals surface area contributed by atoms with Crippen LogP contribution in [-0.4, -0.2) is 24.5 Å². The van der Waals surface area contributed by atoms with E-state index in [0.29, 0.717) is 29.4 Å². The summed E-state index contributed by atoms with van der Waals surface area (Å²) in [6, 6.07) is 9.79. The molecule has 0 radical (unpaired) electrons. The maximum Gasteiger partial charge on any atom is 0.319 e. The number of benzene rings is 2. The normalized spacial score (nSPS) is 16.8. The molecule has 130 valence electrons. The lowest BCUT2D eigenvalue weighted by atomic mass is 10.2. The lowest BCUT2D eigenvalue weighted by Gasteiger charge is -2.17. The van der Waals surface area contributed by atoms with E-state index in [0.717, 1.165) is 5.56 Å². The molecule has 3 amide bonds. The fourth-order valence-corrected chi connectivity index (χ4v) is 2.87. The molecule has 2 aromatic rings. The molecule has 2 N–H and O–H groups in total. The van der Waals surface area contributed by atoms with E-state index >= 15 is 0 Å². The molecule has 1 heterocycles. The Morgan fingerprint density at radius 3 is 2.64 bits per heavy atom. The van der Waals surface area contributed by atoms with Crippen molar-refractivity contribution < 1.29 is 14.0 Å². The van der Waals surface area contributed by atoms with Gasteiger partial charge in [-0.15, -0.1) is 0 Å². The van der Waals surface area contributed by atoms with Gasteiger partial charge in [-0.05, 0) is 55.3 Å². The van der Waals surface area contributed by atoms with Crippen LogP contribution >= 0.6 is 11.6 Å². The minimum Gasteiger partial charge on any atom is -0.326 e. The first-order valence-electron chi connectivity index (χ1n) is 7.84. The van der Waals surface area contributed by atoms with E-state index in [1.165, 1.54) is 17.0 Å². The highest BCUT2D eigenvalue weighted by Crippen LogP contribution is 2.22. The second-order valence-corrected chi connectivity index (χ2v) is 6.28. The number of rotatable bonds is 3. The van der Waals surface area contributed by atoms with Gasteiger partial charge in [0.1, 0.15) is 11.9 Å². The number of nitrogens with zero attached hydrogens (tertiary/aromatic N) is 1. The Morgan fingerprint density at radius 2 is 1.96 bits per heavy atom. The fraction of sp³-hybridized carbons (Fsp3) is 0.222. The number of carbonyl (C=O) groups is 2. The van der Waals surface area contributed by atoms with Crippen molar-refractivity contribution in [1.82, 2.24) is 5.32 Å². The van der Waals surface area contributed by atoms with E-state index in [9.17, 15) is 14.0 Å². The van der Waals surface area contributed by atoms with Gasteiger partial charge in [0.05, 0.1) is 0 Å². The van der Waals surface area contributed by atoms with Crippen LogP contribution in [0.15, 0.2) is 42.5 Å². The van der Waals surface area contributed by atoms with Gasteiger partial charge in [-0.2, -0.15) is 0 Å². The molecule has 0 aromatic heterocycles. The standard InChI is InChI=1S/C18H17ClFN3O2/c1-11-2-5-13(10-15(11)19)21-18(25)22-16-8-9-23(17(16)24)14-6-3-12(20)4-7-14/h2-7,10,16H,8-9H2,1H3,(H2,21,22,25)/t16-/m0/s1. The Hall–Kier alpha value is -2.60. The van der Waals surface area contributed by atoms with E-state index in [1.54, 1.807) is 30.3 Å². The number of halogens is 2. The van der Waals surface area contributed by atoms with Gasteiger partial charge in [-0.3, -0.25) is 4.79 Å². The van der Waals surface area contributed by atoms with E-state index in [4.69, 9.17) is 11.6 Å². The summed E-state index contributed by atoms with van der Waals surface area (Å²) in [6.07, 6.45) is 0.484. The third kappa shape index (κ3) is 3.91. The van der Waals surface area contributed by atoms with Crippen molar-refractivity contribution >= 4 is 34.9 Å². The summed E-state index contributed by atoms with van der Waals surface area (Å²) in [7, 11) is 0. The highest BCUT2D eigenvalue weighted by molar-refractivity contribution is 6.31. The van der Waals surface area contributed by atoms with Crippen molar-refractivity contribution in [2.24, 2.45) is 0 Å². The number of amides is 3. The third-order valence-corrected chi connectivity index (χ3v) is 4.49. The van der Waals surface area contributed by atoms with E-state index < -0.39 is 12.1 Å². The van der Waals surface area contributed by atoms with E-state index in [2.05, 4.69) is 10.6 Å². The fourth-order valence-electron chi connectivity index (χ4n) is 2.69. The van der Waals surface area contributed by atoms with Crippen LogP contribution in [0.2, 0.25) is 5.02 Å². The van der Waals surface area contributed by atoms with Crippen LogP contribution in [0.5, 0.6) is 0 Å². The van der Waals surface area contributed by atoms with Gasteiger partial charge in [-0.1, -0.05) is 17.7 Å². The smallest absolute Gasteiger partial charge is 0.319 e. The first-order chi connectivity index (χ1) is 11.9. The monoisotopic (exact) mass is 361 g/mol. The summed E-state index contributed by atoms with van der Waals surface area (Å²) in [5.41, 5.74) is 2.07. The molecule has 3 rings (SSSR count). The molecule has 1 fully saturated rings. The summed E-state index contributed by atoms with van der Waals surface area (Å²) in [4.78, 5) is 26.1. The van der Waals surface area contributed by atoms with Gasteiger partial charge in [-0.25, -0.2) is 9.18 Å². The Bertz CT molecular complexity index is 810. The zero-order valence-corrected chi connectivity index (χ0v) is 14.3. The van der Waals surface area contributed by atoms with Crippen LogP contribution in [0.1, 0.15) is 12.0 Å². The number of aryl methyl sites for hydroxylation is 1. The number of anilines is 2. The van der Waals surface area contributed by atoms with E-state index in [1.807, 2.05) is 6.92 Å². The average Bonchev–Trinajstić information content (AvgIpc) is 2.93. The molecule has 1 atom stereocenters. The molecular weight excluding hydrogens is 345 g/mol. The molecule has 1 aliphatic heterocycles. The predicted molar refractivity (Wildman–Crippen MR) is 95.5 cm³/mol. The lowest BCUT2D eigenvalue weighted by Crippen LogP contribution is -2.43. The molecule has 1 saturated heterocycles. The number of nitrogens with one attached hydrogen (secondary N) is 2. The number of urea groups is 1. The maximum atomic E-state index is 13.0. The molecule has 5 nitrogen and oxygen atoms in total. The Kier molecular flexibility index (Phi) is 4.90. The first kappa shape index (κ1) is 17.2. The molecule has 1 aliphatic rings.